The Labute approximate surface area is 220 Å². The SMILES string of the molecule is COCc1nc2c(C(=O)Nc3cccc(Cl)c3C)cc(NC(=O)c3c(F)ccc(F)c3Cl)cc2[nH]1.Cl. The van der Waals surface area contributed by atoms with Gasteiger partial charge >= 0.3 is 0 Å². The van der Waals surface area contributed by atoms with Gasteiger partial charge in [0.1, 0.15) is 29.6 Å². The van der Waals surface area contributed by atoms with Gasteiger partial charge < -0.3 is 20.4 Å². The van der Waals surface area contributed by atoms with Crippen molar-refractivity contribution in [2.24, 2.45) is 0 Å². The Hall–Kier alpha value is -3.24. The number of benzene rings is 3. The molecule has 2 amide bonds. The van der Waals surface area contributed by atoms with Gasteiger partial charge in [0.25, 0.3) is 11.8 Å². The topological polar surface area (TPSA) is 96.1 Å². The van der Waals surface area contributed by atoms with Crippen molar-refractivity contribution in [2.45, 2.75) is 13.5 Å². The van der Waals surface area contributed by atoms with E-state index in [1.54, 1.807) is 25.1 Å². The maximum absolute atomic E-state index is 14.2. The van der Waals surface area contributed by atoms with Gasteiger partial charge in [-0.05, 0) is 48.9 Å². The lowest BCUT2D eigenvalue weighted by Gasteiger charge is -2.12. The van der Waals surface area contributed by atoms with Crippen molar-refractivity contribution in [2.75, 3.05) is 17.7 Å². The third-order valence-corrected chi connectivity index (χ3v) is 5.99. The fourth-order valence-electron chi connectivity index (χ4n) is 3.48. The normalized spacial score (nSPS) is 10.7. The first-order chi connectivity index (χ1) is 16.7. The Bertz CT molecular complexity index is 1480. The van der Waals surface area contributed by atoms with Gasteiger partial charge in [-0.2, -0.15) is 0 Å². The Morgan fingerprint density at radius 3 is 2.50 bits per heavy atom. The van der Waals surface area contributed by atoms with Gasteiger partial charge in [-0.1, -0.05) is 29.3 Å². The Morgan fingerprint density at radius 2 is 1.78 bits per heavy atom. The van der Waals surface area contributed by atoms with E-state index < -0.39 is 34.0 Å². The van der Waals surface area contributed by atoms with E-state index >= 15 is 0 Å². The zero-order valence-electron chi connectivity index (χ0n) is 18.8. The Balaban J connectivity index is 0.00000361. The molecule has 1 heterocycles. The highest BCUT2D eigenvalue weighted by Crippen LogP contribution is 2.28. The smallest absolute Gasteiger partial charge is 0.260 e. The molecular formula is C24H19Cl3F2N4O3. The lowest BCUT2D eigenvalue weighted by Crippen LogP contribution is -2.17. The summed E-state index contributed by atoms with van der Waals surface area (Å²) >= 11 is 12.0. The number of fused-ring (bicyclic) bond motifs is 1. The molecule has 0 bridgehead atoms. The summed E-state index contributed by atoms with van der Waals surface area (Å²) in [5.41, 5.74) is 1.48. The molecule has 0 atom stereocenters. The van der Waals surface area contributed by atoms with Crippen molar-refractivity contribution in [1.29, 1.82) is 0 Å². The van der Waals surface area contributed by atoms with Gasteiger partial charge in [0.05, 0.1) is 21.7 Å². The van der Waals surface area contributed by atoms with Crippen LogP contribution in [-0.4, -0.2) is 28.9 Å². The summed E-state index contributed by atoms with van der Waals surface area (Å²) < 4.78 is 33.1. The van der Waals surface area contributed by atoms with Crippen LogP contribution in [0.4, 0.5) is 20.2 Å². The zero-order valence-corrected chi connectivity index (χ0v) is 21.2. The number of carbonyl (C=O) groups is 2. The van der Waals surface area contributed by atoms with Crippen LogP contribution >= 0.6 is 35.6 Å². The second-order valence-electron chi connectivity index (χ2n) is 7.58. The molecule has 1 aromatic heterocycles. The molecule has 0 aliphatic carbocycles. The maximum atomic E-state index is 14.2. The van der Waals surface area contributed by atoms with Crippen molar-refractivity contribution >= 4 is 69.8 Å². The van der Waals surface area contributed by atoms with E-state index in [-0.39, 0.29) is 30.3 Å². The molecular weight excluding hydrogens is 537 g/mol. The molecule has 0 fully saturated rings. The molecule has 0 radical (unpaired) electrons. The fourth-order valence-corrected chi connectivity index (χ4v) is 3.89. The van der Waals surface area contributed by atoms with Crippen molar-refractivity contribution in [3.05, 3.63) is 86.7 Å². The number of rotatable bonds is 6. The van der Waals surface area contributed by atoms with E-state index in [2.05, 4.69) is 20.6 Å². The molecule has 3 N–H and O–H groups in total. The van der Waals surface area contributed by atoms with Crippen molar-refractivity contribution in [3.63, 3.8) is 0 Å². The summed E-state index contributed by atoms with van der Waals surface area (Å²) in [6.07, 6.45) is 0. The van der Waals surface area contributed by atoms with Gasteiger partial charge in [0.15, 0.2) is 0 Å². The van der Waals surface area contributed by atoms with Crippen LogP contribution in [0, 0.1) is 18.6 Å². The number of carbonyl (C=O) groups excluding carboxylic acids is 2. The van der Waals surface area contributed by atoms with Gasteiger partial charge in [0.2, 0.25) is 0 Å². The molecule has 0 saturated heterocycles. The van der Waals surface area contributed by atoms with E-state index in [4.69, 9.17) is 27.9 Å². The van der Waals surface area contributed by atoms with Crippen LogP contribution in [0.2, 0.25) is 10.0 Å². The van der Waals surface area contributed by atoms with Crippen LogP contribution in [0.25, 0.3) is 11.0 Å². The molecule has 4 rings (SSSR count). The third-order valence-electron chi connectivity index (χ3n) is 5.21. The predicted molar refractivity (Wildman–Crippen MR) is 138 cm³/mol. The summed E-state index contributed by atoms with van der Waals surface area (Å²) in [4.78, 5) is 33.4. The summed E-state index contributed by atoms with van der Waals surface area (Å²) in [6, 6.07) is 9.59. The molecule has 7 nitrogen and oxygen atoms in total. The lowest BCUT2D eigenvalue weighted by molar-refractivity contribution is 0.101. The van der Waals surface area contributed by atoms with Crippen LogP contribution < -0.4 is 10.6 Å². The third kappa shape index (κ3) is 5.44. The van der Waals surface area contributed by atoms with Crippen molar-refractivity contribution < 1.29 is 23.1 Å². The molecule has 0 saturated carbocycles. The van der Waals surface area contributed by atoms with Gasteiger partial charge in [0, 0.05) is 23.5 Å². The predicted octanol–water partition coefficient (Wildman–Crippen LogP) is 6.53. The molecule has 3 aromatic carbocycles. The molecule has 4 aromatic rings. The molecule has 36 heavy (non-hydrogen) atoms. The van der Waals surface area contributed by atoms with Gasteiger partial charge in [-0.15, -0.1) is 12.4 Å². The van der Waals surface area contributed by atoms with Crippen molar-refractivity contribution in [3.8, 4) is 0 Å². The highest BCUT2D eigenvalue weighted by atomic mass is 35.5. The summed E-state index contributed by atoms with van der Waals surface area (Å²) in [6.45, 7) is 1.90. The van der Waals surface area contributed by atoms with E-state index in [1.807, 2.05) is 0 Å². The van der Waals surface area contributed by atoms with E-state index in [1.165, 1.54) is 19.2 Å². The molecule has 0 spiro atoms. The van der Waals surface area contributed by atoms with E-state index in [0.717, 1.165) is 12.1 Å². The Morgan fingerprint density at radius 1 is 1.06 bits per heavy atom. The number of nitrogens with one attached hydrogen (secondary N) is 3. The molecule has 0 aliphatic rings. The second-order valence-corrected chi connectivity index (χ2v) is 8.36. The Kier molecular flexibility index (Phi) is 8.52. The molecule has 0 aliphatic heterocycles. The average molecular weight is 556 g/mol. The monoisotopic (exact) mass is 554 g/mol. The van der Waals surface area contributed by atoms with Crippen LogP contribution in [0.1, 0.15) is 32.1 Å². The summed E-state index contributed by atoms with van der Waals surface area (Å²) in [5.74, 6) is -3.00. The molecule has 188 valence electrons. The zero-order chi connectivity index (χ0) is 25.3. The highest BCUT2D eigenvalue weighted by molar-refractivity contribution is 6.34. The number of ether oxygens (including phenoxy) is 1. The largest absolute Gasteiger partial charge is 0.377 e. The second kappa shape index (κ2) is 11.2. The van der Waals surface area contributed by atoms with Crippen LogP contribution in [0.5, 0.6) is 0 Å². The van der Waals surface area contributed by atoms with Gasteiger partial charge in [-0.3, -0.25) is 9.59 Å². The first kappa shape index (κ1) is 27.3. The van der Waals surface area contributed by atoms with Crippen molar-refractivity contribution in [1.82, 2.24) is 9.97 Å². The summed E-state index contributed by atoms with van der Waals surface area (Å²) in [7, 11) is 1.49. The fraction of sp³-hybridized carbons (Fsp3) is 0.125. The minimum Gasteiger partial charge on any atom is -0.377 e. The first-order valence-corrected chi connectivity index (χ1v) is 11.0. The number of hydrogen-bond acceptors (Lipinski definition) is 4. The number of aromatic nitrogens is 2. The molecule has 0 unspecified atom stereocenters. The standard InChI is InChI=1S/C24H18Cl2F2N4O3.ClH/c1-11-14(25)4-3-5-17(11)31-23(33)13-8-12(9-18-22(13)32-19(30-18)10-35-2)29-24(34)20-15(27)6-7-16(28)21(20)26;/h3-9H,10H2,1-2H3,(H,29,34)(H,30,32)(H,31,33);1H. The number of methoxy groups -OCH3 is 1. The number of H-pyrrole nitrogens is 1. The number of nitrogens with zero attached hydrogens (tertiary/aromatic N) is 1. The number of imidazole rings is 1. The highest BCUT2D eigenvalue weighted by Gasteiger charge is 2.22. The van der Waals surface area contributed by atoms with E-state index in [0.29, 0.717) is 33.1 Å². The quantitative estimate of drug-likeness (QED) is 0.236. The van der Waals surface area contributed by atoms with Gasteiger partial charge in [-0.25, -0.2) is 13.8 Å². The maximum Gasteiger partial charge on any atom is 0.260 e. The summed E-state index contributed by atoms with van der Waals surface area (Å²) in [5, 5.41) is 5.08. The number of amides is 2. The minimum absolute atomic E-state index is 0. The number of anilines is 2. The first-order valence-electron chi connectivity index (χ1n) is 10.2. The minimum atomic E-state index is -0.992. The van der Waals surface area contributed by atoms with E-state index in [9.17, 15) is 18.4 Å². The number of hydrogen-bond donors (Lipinski definition) is 3. The average Bonchev–Trinajstić information content (AvgIpc) is 3.21. The van der Waals surface area contributed by atoms with Crippen LogP contribution in [0.15, 0.2) is 42.5 Å². The number of aromatic amines is 1. The molecule has 12 heteroatoms. The van der Waals surface area contributed by atoms with Crippen LogP contribution in [-0.2, 0) is 11.3 Å². The van der Waals surface area contributed by atoms with Crippen LogP contribution in [0.3, 0.4) is 0 Å². The number of halogens is 5. The lowest BCUT2D eigenvalue weighted by atomic mass is 10.1.